The molecule has 0 N–H and O–H groups in total. The molecule has 0 aromatic carbocycles. The summed E-state index contributed by atoms with van der Waals surface area (Å²) < 4.78 is 1.40. The minimum absolute atomic E-state index is 1.38. The first-order valence-electron chi connectivity index (χ1n) is 2.31. The second kappa shape index (κ2) is 2.04. The normalized spacial score (nSPS) is 9.57. The van der Waals surface area contributed by atoms with E-state index < -0.39 is 0 Å². The zero-order valence-electron chi connectivity index (χ0n) is 4.56. The molecule has 0 radical (unpaired) electrons. The van der Waals surface area contributed by atoms with E-state index in [0.717, 1.165) is 0 Å². The van der Waals surface area contributed by atoms with Gasteiger partial charge in [-0.05, 0) is 0 Å². The molecule has 1 aromatic rings. The van der Waals surface area contributed by atoms with Gasteiger partial charge < -0.3 is 0 Å². The van der Waals surface area contributed by atoms with Crippen molar-refractivity contribution in [2.75, 3.05) is 0 Å². The summed E-state index contributed by atoms with van der Waals surface area (Å²) in [4.78, 5) is 0. The van der Waals surface area contributed by atoms with E-state index in [1.807, 2.05) is 0 Å². The molecule has 0 aliphatic carbocycles. The van der Waals surface area contributed by atoms with Crippen molar-refractivity contribution in [2.24, 2.45) is 0 Å². The fourth-order valence-electron chi connectivity index (χ4n) is 0.575. The number of rotatable bonds is 0. The molecular formula is C5H5LiS. The van der Waals surface area contributed by atoms with Crippen LogP contribution in [0.1, 0.15) is 5.56 Å². The minimum atomic E-state index is 1.38. The molecule has 0 atom stereocenters. The molecule has 0 aliphatic heterocycles. The Morgan fingerprint density at radius 2 is 2.43 bits per heavy atom. The topological polar surface area (TPSA) is 0 Å². The van der Waals surface area contributed by atoms with Crippen LogP contribution in [0.25, 0.3) is 0 Å². The average Bonchev–Trinajstić information content (AvgIpc) is 1.87. The Morgan fingerprint density at radius 1 is 1.71 bits per heavy atom. The SMILES string of the molecule is [Li][c]1cc(C)cs1. The second-order valence-corrected chi connectivity index (χ2v) is 2.85. The van der Waals surface area contributed by atoms with E-state index >= 15 is 0 Å². The van der Waals surface area contributed by atoms with Crippen LogP contribution in [0.4, 0.5) is 0 Å². The molecule has 1 rings (SSSR count). The molecule has 0 fully saturated rings. The monoisotopic (exact) mass is 104 g/mol. The van der Waals surface area contributed by atoms with Crippen LogP contribution in [0.3, 0.4) is 0 Å². The van der Waals surface area contributed by atoms with Gasteiger partial charge in [0.1, 0.15) is 0 Å². The summed E-state index contributed by atoms with van der Waals surface area (Å²) in [5.74, 6) is 0. The third kappa shape index (κ3) is 1.35. The molecule has 0 saturated heterocycles. The predicted octanol–water partition coefficient (Wildman–Crippen LogP) is 0.850. The first-order valence-corrected chi connectivity index (χ1v) is 3.19. The predicted molar refractivity (Wildman–Crippen MR) is 34.4 cm³/mol. The quantitative estimate of drug-likeness (QED) is 0.428. The van der Waals surface area contributed by atoms with Gasteiger partial charge in [0.25, 0.3) is 0 Å². The van der Waals surface area contributed by atoms with E-state index in [0.29, 0.717) is 0 Å². The van der Waals surface area contributed by atoms with Crippen LogP contribution in [-0.4, -0.2) is 17.7 Å². The molecule has 0 nitrogen and oxygen atoms in total. The van der Waals surface area contributed by atoms with Crippen molar-refractivity contribution in [2.45, 2.75) is 6.92 Å². The maximum atomic E-state index is 2.19. The van der Waals surface area contributed by atoms with Gasteiger partial charge in [-0.3, -0.25) is 0 Å². The maximum absolute atomic E-state index is 2.19. The van der Waals surface area contributed by atoms with Crippen molar-refractivity contribution in [1.29, 1.82) is 0 Å². The van der Waals surface area contributed by atoms with Gasteiger partial charge in [0.15, 0.2) is 0 Å². The van der Waals surface area contributed by atoms with Crippen molar-refractivity contribution in [3.05, 3.63) is 17.0 Å². The fourth-order valence-corrected chi connectivity index (χ4v) is 1.27. The van der Waals surface area contributed by atoms with Gasteiger partial charge in [0.05, 0.1) is 0 Å². The first-order chi connectivity index (χ1) is 3.29. The van der Waals surface area contributed by atoms with E-state index in [-0.39, 0.29) is 0 Å². The summed E-state index contributed by atoms with van der Waals surface area (Å²) in [6.07, 6.45) is 0. The van der Waals surface area contributed by atoms with Crippen LogP contribution in [0, 0.1) is 6.92 Å². The van der Waals surface area contributed by atoms with Crippen LogP contribution in [0.15, 0.2) is 11.4 Å². The Hall–Kier alpha value is 0.297. The molecule has 0 amide bonds. The van der Waals surface area contributed by atoms with Gasteiger partial charge in [-0.2, -0.15) is 0 Å². The van der Waals surface area contributed by atoms with E-state index in [1.54, 1.807) is 11.3 Å². The zero-order valence-corrected chi connectivity index (χ0v) is 5.38. The Morgan fingerprint density at radius 3 is 2.57 bits per heavy atom. The third-order valence-corrected chi connectivity index (χ3v) is 1.84. The standard InChI is InChI=1S/C5H5S.Li/c1-5-2-3-6-4-5;/h2,4H,1H3;. The van der Waals surface area contributed by atoms with Gasteiger partial charge in [0, 0.05) is 0 Å². The van der Waals surface area contributed by atoms with E-state index in [9.17, 15) is 0 Å². The molecule has 0 saturated carbocycles. The van der Waals surface area contributed by atoms with Crippen LogP contribution in [0.5, 0.6) is 0 Å². The first kappa shape index (κ1) is 5.43. The van der Waals surface area contributed by atoms with Crippen LogP contribution in [0.2, 0.25) is 0 Å². The van der Waals surface area contributed by atoms with Crippen LogP contribution < -0.4 is 3.55 Å². The summed E-state index contributed by atoms with van der Waals surface area (Å²) in [6.45, 7) is 2.11. The third-order valence-electron chi connectivity index (χ3n) is 0.862. The number of hydrogen-bond donors (Lipinski definition) is 0. The molecule has 0 bridgehead atoms. The molecule has 7 heavy (non-hydrogen) atoms. The molecule has 0 spiro atoms. The molecule has 0 aliphatic rings. The Bertz CT molecular complexity index is 140. The van der Waals surface area contributed by atoms with Crippen molar-refractivity contribution in [3.8, 4) is 0 Å². The Kier molecular flexibility index (Phi) is 1.59. The van der Waals surface area contributed by atoms with Gasteiger partial charge >= 0.3 is 56.5 Å². The number of aryl methyl sites for hydroxylation is 1. The summed E-state index contributed by atoms with van der Waals surface area (Å²) in [7, 11) is 0. The second-order valence-electron chi connectivity index (χ2n) is 1.73. The van der Waals surface area contributed by atoms with Gasteiger partial charge in [-0.25, -0.2) is 0 Å². The molecule has 1 aromatic heterocycles. The van der Waals surface area contributed by atoms with E-state index in [2.05, 4.69) is 36.1 Å². The summed E-state index contributed by atoms with van der Waals surface area (Å²) in [5.41, 5.74) is 1.38. The average molecular weight is 104 g/mol. The molecule has 32 valence electrons. The molecular weight excluding hydrogens is 99.1 g/mol. The van der Waals surface area contributed by atoms with Crippen molar-refractivity contribution < 1.29 is 0 Å². The van der Waals surface area contributed by atoms with E-state index in [4.69, 9.17) is 0 Å². The summed E-state index contributed by atoms with van der Waals surface area (Å²) in [6, 6.07) is 2.19. The summed E-state index contributed by atoms with van der Waals surface area (Å²) >= 11 is 3.93. The number of hydrogen-bond acceptors (Lipinski definition) is 1. The van der Waals surface area contributed by atoms with Gasteiger partial charge in [-0.1, -0.05) is 0 Å². The van der Waals surface area contributed by atoms with Crippen molar-refractivity contribution >= 4 is 32.6 Å². The van der Waals surface area contributed by atoms with Crippen LogP contribution >= 0.6 is 11.3 Å². The summed E-state index contributed by atoms with van der Waals surface area (Å²) in [5, 5.41) is 2.16. The zero-order chi connectivity index (χ0) is 5.28. The Balaban J connectivity index is 3.04. The number of thiophene rings is 1. The van der Waals surface area contributed by atoms with Gasteiger partial charge in [-0.15, -0.1) is 0 Å². The van der Waals surface area contributed by atoms with Crippen molar-refractivity contribution in [1.82, 2.24) is 0 Å². The fraction of sp³-hybridized carbons (Fsp3) is 0.200. The van der Waals surface area contributed by atoms with Crippen molar-refractivity contribution in [3.63, 3.8) is 0 Å². The molecule has 1 heterocycles. The van der Waals surface area contributed by atoms with Gasteiger partial charge in [0.2, 0.25) is 0 Å². The molecule has 0 unspecified atom stereocenters. The Labute approximate surface area is 56.8 Å². The van der Waals surface area contributed by atoms with E-state index in [1.165, 1.54) is 9.11 Å². The van der Waals surface area contributed by atoms with Crippen LogP contribution in [-0.2, 0) is 0 Å². The molecule has 2 heteroatoms.